The summed E-state index contributed by atoms with van der Waals surface area (Å²) in [6.07, 6.45) is 0.995. The molecule has 1 unspecified atom stereocenters. The van der Waals surface area contributed by atoms with E-state index in [1.807, 2.05) is 26.0 Å². The molecule has 2 aromatic rings. The number of carbonyl (C=O) groups is 1. The van der Waals surface area contributed by atoms with Gasteiger partial charge in [0.1, 0.15) is 5.82 Å². The lowest BCUT2D eigenvalue weighted by Crippen LogP contribution is -2.36. The predicted molar refractivity (Wildman–Crippen MR) is 91.6 cm³/mol. The van der Waals surface area contributed by atoms with Gasteiger partial charge in [0.05, 0.1) is 12.3 Å². The molecule has 1 aromatic carbocycles. The molecule has 0 spiro atoms. The average Bonchev–Trinajstić information content (AvgIpc) is 3.22. The van der Waals surface area contributed by atoms with Gasteiger partial charge in [0.2, 0.25) is 5.82 Å². The molecule has 3 rings (SSSR count). The normalized spacial score (nSPS) is 17.2. The van der Waals surface area contributed by atoms with Crippen molar-refractivity contribution in [1.29, 1.82) is 0 Å². The summed E-state index contributed by atoms with van der Waals surface area (Å²) in [4.78, 5) is 18.9. The number of hydrogen-bond acceptors (Lipinski definition) is 4. The first-order valence-electron chi connectivity index (χ1n) is 8.15. The number of carbonyl (C=O) groups excluding carboxylic acids is 1. The monoisotopic (exact) mass is 348 g/mol. The number of aryl methyl sites for hydroxylation is 1. The van der Waals surface area contributed by atoms with Crippen molar-refractivity contribution in [2.45, 2.75) is 20.3 Å². The molecule has 128 valence electrons. The zero-order valence-electron chi connectivity index (χ0n) is 13.9. The Balaban J connectivity index is 1.79. The lowest BCUT2D eigenvalue weighted by atomic mass is 10.1. The fourth-order valence-electron chi connectivity index (χ4n) is 2.84. The molecule has 1 aliphatic rings. The van der Waals surface area contributed by atoms with E-state index in [0.29, 0.717) is 29.9 Å². The van der Waals surface area contributed by atoms with Crippen molar-refractivity contribution in [3.05, 3.63) is 40.9 Å². The highest BCUT2D eigenvalue weighted by molar-refractivity contribution is 6.30. The van der Waals surface area contributed by atoms with Gasteiger partial charge in [-0.15, -0.1) is 5.10 Å². The molecule has 6 nitrogen and oxygen atoms in total. The van der Waals surface area contributed by atoms with Crippen LogP contribution in [0.3, 0.4) is 0 Å². The molecule has 7 heteroatoms. The van der Waals surface area contributed by atoms with Crippen LogP contribution >= 0.6 is 11.6 Å². The van der Waals surface area contributed by atoms with E-state index in [1.165, 1.54) is 0 Å². The Hall–Kier alpha value is -1.92. The Labute approximate surface area is 146 Å². The second-order valence-electron chi connectivity index (χ2n) is 5.94. The number of benzene rings is 1. The number of rotatable bonds is 5. The molecule has 2 heterocycles. The van der Waals surface area contributed by atoms with Crippen LogP contribution in [0.1, 0.15) is 29.8 Å². The van der Waals surface area contributed by atoms with Gasteiger partial charge in [0.15, 0.2) is 0 Å². The van der Waals surface area contributed by atoms with Crippen molar-refractivity contribution in [2.75, 3.05) is 26.3 Å². The predicted octanol–water partition coefficient (Wildman–Crippen LogP) is 2.73. The molecule has 0 bridgehead atoms. The van der Waals surface area contributed by atoms with E-state index in [-0.39, 0.29) is 11.7 Å². The van der Waals surface area contributed by atoms with Gasteiger partial charge in [-0.05, 0) is 44.5 Å². The topological polar surface area (TPSA) is 60.2 Å². The molecule has 24 heavy (non-hydrogen) atoms. The molecule has 1 saturated heterocycles. The maximum Gasteiger partial charge on any atom is 0.293 e. The standard InChI is InChI=1S/C17H21ClN4O2/c1-3-21(10-13-8-9-24-11-13)17(23)16-19-12(2)22(20-16)15-6-4-14(18)5-7-15/h4-7,13H,3,8-11H2,1-2H3. The van der Waals surface area contributed by atoms with Crippen molar-refractivity contribution < 1.29 is 9.53 Å². The van der Waals surface area contributed by atoms with Gasteiger partial charge in [0.25, 0.3) is 5.91 Å². The van der Waals surface area contributed by atoms with E-state index in [4.69, 9.17) is 16.3 Å². The van der Waals surface area contributed by atoms with Gasteiger partial charge in [0, 0.05) is 30.6 Å². The molecule has 1 atom stereocenters. The molecule has 0 saturated carbocycles. The summed E-state index contributed by atoms with van der Waals surface area (Å²) in [6, 6.07) is 7.29. The minimum Gasteiger partial charge on any atom is -0.381 e. The first kappa shape index (κ1) is 16.9. The molecular weight excluding hydrogens is 328 g/mol. The number of hydrogen-bond donors (Lipinski definition) is 0. The van der Waals surface area contributed by atoms with Gasteiger partial charge >= 0.3 is 0 Å². The lowest BCUT2D eigenvalue weighted by Gasteiger charge is -2.22. The van der Waals surface area contributed by atoms with Gasteiger partial charge < -0.3 is 9.64 Å². The van der Waals surface area contributed by atoms with Gasteiger partial charge in [-0.2, -0.15) is 0 Å². The fraction of sp³-hybridized carbons (Fsp3) is 0.471. The SMILES string of the molecule is CCN(CC1CCOC1)C(=O)c1nc(C)n(-c2ccc(Cl)cc2)n1. The average molecular weight is 349 g/mol. The number of ether oxygens (including phenoxy) is 1. The largest absolute Gasteiger partial charge is 0.381 e. The second kappa shape index (κ2) is 7.32. The van der Waals surface area contributed by atoms with E-state index >= 15 is 0 Å². The molecular formula is C17H21ClN4O2. The van der Waals surface area contributed by atoms with Crippen LogP contribution in [-0.4, -0.2) is 51.9 Å². The van der Waals surface area contributed by atoms with Crippen molar-refractivity contribution >= 4 is 17.5 Å². The second-order valence-corrected chi connectivity index (χ2v) is 6.38. The van der Waals surface area contributed by atoms with Gasteiger partial charge in [-0.25, -0.2) is 9.67 Å². The van der Waals surface area contributed by atoms with Crippen molar-refractivity contribution in [3.8, 4) is 5.69 Å². The third-order valence-corrected chi connectivity index (χ3v) is 4.45. The van der Waals surface area contributed by atoms with E-state index in [1.54, 1.807) is 21.7 Å². The Bertz CT molecular complexity index is 708. The summed E-state index contributed by atoms with van der Waals surface area (Å²) in [6.45, 7) is 6.61. The maximum atomic E-state index is 12.7. The molecule has 1 aliphatic heterocycles. The van der Waals surface area contributed by atoms with E-state index in [9.17, 15) is 4.79 Å². The van der Waals surface area contributed by atoms with Crippen LogP contribution in [0.25, 0.3) is 5.69 Å². The van der Waals surface area contributed by atoms with Crippen molar-refractivity contribution in [1.82, 2.24) is 19.7 Å². The molecule has 0 aliphatic carbocycles. The zero-order valence-corrected chi connectivity index (χ0v) is 14.7. The third-order valence-electron chi connectivity index (χ3n) is 4.20. The van der Waals surface area contributed by atoms with Crippen LogP contribution in [0, 0.1) is 12.8 Å². The molecule has 0 radical (unpaired) electrons. The summed E-state index contributed by atoms with van der Waals surface area (Å²) in [5, 5.41) is 5.05. The van der Waals surface area contributed by atoms with Crippen LogP contribution in [0.4, 0.5) is 0 Å². The van der Waals surface area contributed by atoms with Crippen LogP contribution in [0.2, 0.25) is 5.02 Å². The first-order valence-corrected chi connectivity index (χ1v) is 8.53. The molecule has 1 fully saturated rings. The Morgan fingerprint density at radius 1 is 1.42 bits per heavy atom. The Morgan fingerprint density at radius 3 is 2.79 bits per heavy atom. The zero-order chi connectivity index (χ0) is 17.1. The van der Waals surface area contributed by atoms with Gasteiger partial charge in [-0.1, -0.05) is 11.6 Å². The highest BCUT2D eigenvalue weighted by Gasteiger charge is 2.25. The molecule has 1 amide bonds. The van der Waals surface area contributed by atoms with Crippen molar-refractivity contribution in [3.63, 3.8) is 0 Å². The number of aromatic nitrogens is 3. The summed E-state index contributed by atoms with van der Waals surface area (Å²) < 4.78 is 7.06. The summed E-state index contributed by atoms with van der Waals surface area (Å²) in [5.41, 5.74) is 0.829. The van der Waals surface area contributed by atoms with E-state index in [2.05, 4.69) is 10.1 Å². The quantitative estimate of drug-likeness (QED) is 0.833. The highest BCUT2D eigenvalue weighted by Crippen LogP contribution is 2.17. The number of amides is 1. The first-order chi connectivity index (χ1) is 11.6. The number of nitrogens with zero attached hydrogens (tertiary/aromatic N) is 4. The smallest absolute Gasteiger partial charge is 0.293 e. The number of halogens is 1. The Morgan fingerprint density at radius 2 is 2.17 bits per heavy atom. The third kappa shape index (κ3) is 3.60. The fourth-order valence-corrected chi connectivity index (χ4v) is 2.97. The summed E-state index contributed by atoms with van der Waals surface area (Å²) in [5.74, 6) is 1.15. The lowest BCUT2D eigenvalue weighted by molar-refractivity contribution is 0.0718. The van der Waals surface area contributed by atoms with E-state index in [0.717, 1.165) is 25.3 Å². The van der Waals surface area contributed by atoms with Crippen LogP contribution in [0.5, 0.6) is 0 Å². The van der Waals surface area contributed by atoms with Gasteiger partial charge in [-0.3, -0.25) is 4.79 Å². The van der Waals surface area contributed by atoms with Crippen LogP contribution < -0.4 is 0 Å². The molecule has 1 aromatic heterocycles. The highest BCUT2D eigenvalue weighted by atomic mass is 35.5. The van der Waals surface area contributed by atoms with Crippen molar-refractivity contribution in [2.24, 2.45) is 5.92 Å². The minimum absolute atomic E-state index is 0.139. The van der Waals surface area contributed by atoms with Crippen LogP contribution in [-0.2, 0) is 4.74 Å². The van der Waals surface area contributed by atoms with E-state index < -0.39 is 0 Å². The minimum atomic E-state index is -0.139. The summed E-state index contributed by atoms with van der Waals surface area (Å²) >= 11 is 5.92. The Kier molecular flexibility index (Phi) is 5.16. The maximum absolute atomic E-state index is 12.7. The summed E-state index contributed by atoms with van der Waals surface area (Å²) in [7, 11) is 0. The molecule has 0 N–H and O–H groups in total. The van der Waals surface area contributed by atoms with Crippen LogP contribution in [0.15, 0.2) is 24.3 Å².